The number of nitrogens with one attached hydrogen (secondary N) is 1. The van der Waals surface area contributed by atoms with E-state index >= 15 is 0 Å². The van der Waals surface area contributed by atoms with Crippen LogP contribution in [0, 0.1) is 0 Å². The van der Waals surface area contributed by atoms with Crippen molar-refractivity contribution in [3.05, 3.63) is 47.4 Å². The second kappa shape index (κ2) is 6.50. The van der Waals surface area contributed by atoms with Crippen molar-refractivity contribution in [3.63, 3.8) is 0 Å². The third-order valence-electron chi connectivity index (χ3n) is 2.45. The minimum Gasteiger partial charge on any atom is -0.437 e. The molecular formula is C14H16ClN3O. The molecule has 0 amide bonds. The van der Waals surface area contributed by atoms with Crippen LogP contribution in [0.2, 0.25) is 5.02 Å². The lowest BCUT2D eigenvalue weighted by Crippen LogP contribution is -2.22. The molecule has 0 spiro atoms. The molecule has 0 fully saturated rings. The molecule has 100 valence electrons. The van der Waals surface area contributed by atoms with E-state index in [1.807, 2.05) is 12.1 Å². The van der Waals surface area contributed by atoms with Crippen molar-refractivity contribution in [3.8, 4) is 11.6 Å². The summed E-state index contributed by atoms with van der Waals surface area (Å²) in [7, 11) is 0. The fourth-order valence-corrected chi connectivity index (χ4v) is 1.69. The van der Waals surface area contributed by atoms with Crippen molar-refractivity contribution in [1.29, 1.82) is 0 Å². The second-order valence-electron chi connectivity index (χ2n) is 4.44. The van der Waals surface area contributed by atoms with Crippen molar-refractivity contribution >= 4 is 11.6 Å². The molecule has 0 aromatic carbocycles. The van der Waals surface area contributed by atoms with Crippen LogP contribution in [0.5, 0.6) is 11.6 Å². The standard InChI is InChI=1S/C14H16ClN3O/c1-10(2)18-7-11-4-3-5-17-14(11)19-13-6-12(15)8-16-9-13/h3-6,8-10,18H,7H2,1-2H3. The Morgan fingerprint density at radius 1 is 1.37 bits per heavy atom. The summed E-state index contributed by atoms with van der Waals surface area (Å²) in [4.78, 5) is 8.23. The van der Waals surface area contributed by atoms with Crippen molar-refractivity contribution < 1.29 is 4.74 Å². The summed E-state index contributed by atoms with van der Waals surface area (Å²) in [6, 6.07) is 5.99. The van der Waals surface area contributed by atoms with Crippen LogP contribution in [0.15, 0.2) is 36.8 Å². The fourth-order valence-electron chi connectivity index (χ4n) is 1.52. The smallest absolute Gasteiger partial charge is 0.223 e. The lowest BCUT2D eigenvalue weighted by molar-refractivity contribution is 0.448. The average molecular weight is 278 g/mol. The number of hydrogen-bond donors (Lipinski definition) is 1. The maximum Gasteiger partial charge on any atom is 0.223 e. The topological polar surface area (TPSA) is 47.0 Å². The van der Waals surface area contributed by atoms with E-state index in [-0.39, 0.29) is 0 Å². The van der Waals surface area contributed by atoms with E-state index in [9.17, 15) is 0 Å². The molecule has 0 aliphatic carbocycles. The van der Waals surface area contributed by atoms with Crippen molar-refractivity contribution in [2.75, 3.05) is 0 Å². The van der Waals surface area contributed by atoms with Gasteiger partial charge in [0.1, 0.15) is 5.75 Å². The maximum atomic E-state index is 5.88. The number of ether oxygens (including phenoxy) is 1. The van der Waals surface area contributed by atoms with Crippen LogP contribution in [0.1, 0.15) is 19.4 Å². The minimum atomic E-state index is 0.404. The number of hydrogen-bond acceptors (Lipinski definition) is 4. The van der Waals surface area contributed by atoms with E-state index in [1.54, 1.807) is 24.7 Å². The molecular weight excluding hydrogens is 262 g/mol. The minimum absolute atomic E-state index is 0.404. The molecule has 2 rings (SSSR count). The molecule has 1 N–H and O–H groups in total. The zero-order valence-corrected chi connectivity index (χ0v) is 11.7. The SMILES string of the molecule is CC(C)NCc1cccnc1Oc1cncc(Cl)c1. The fraction of sp³-hybridized carbons (Fsp3) is 0.286. The van der Waals surface area contributed by atoms with Gasteiger partial charge in [-0.15, -0.1) is 0 Å². The van der Waals surface area contributed by atoms with Gasteiger partial charge in [-0.3, -0.25) is 4.98 Å². The zero-order chi connectivity index (χ0) is 13.7. The second-order valence-corrected chi connectivity index (χ2v) is 4.88. The van der Waals surface area contributed by atoms with Gasteiger partial charge in [0, 0.05) is 36.6 Å². The van der Waals surface area contributed by atoms with Gasteiger partial charge in [-0.1, -0.05) is 31.5 Å². The van der Waals surface area contributed by atoms with Crippen molar-refractivity contribution in [1.82, 2.24) is 15.3 Å². The molecule has 0 bridgehead atoms. The number of rotatable bonds is 5. The molecule has 5 heteroatoms. The first-order chi connectivity index (χ1) is 9.15. The number of nitrogens with zero attached hydrogens (tertiary/aromatic N) is 2. The Bertz CT molecular complexity index is 546. The predicted octanol–water partition coefficient (Wildman–Crippen LogP) is 3.42. The Kier molecular flexibility index (Phi) is 4.71. The quantitative estimate of drug-likeness (QED) is 0.910. The number of pyridine rings is 2. The van der Waals surface area contributed by atoms with Crippen molar-refractivity contribution in [2.24, 2.45) is 0 Å². The summed E-state index contributed by atoms with van der Waals surface area (Å²) in [6.45, 7) is 4.89. The average Bonchev–Trinajstić information content (AvgIpc) is 2.38. The van der Waals surface area contributed by atoms with Gasteiger partial charge in [-0.25, -0.2) is 4.98 Å². The van der Waals surface area contributed by atoms with Gasteiger partial charge >= 0.3 is 0 Å². The van der Waals surface area contributed by atoms with Crippen molar-refractivity contribution in [2.45, 2.75) is 26.4 Å². The molecule has 0 saturated heterocycles. The molecule has 4 nitrogen and oxygen atoms in total. The lowest BCUT2D eigenvalue weighted by atomic mass is 10.2. The zero-order valence-electron chi connectivity index (χ0n) is 10.9. The summed E-state index contributed by atoms with van der Waals surface area (Å²) in [5.74, 6) is 1.15. The lowest BCUT2D eigenvalue weighted by Gasteiger charge is -2.12. The first-order valence-electron chi connectivity index (χ1n) is 6.11. The molecule has 2 aromatic heterocycles. The third kappa shape index (κ3) is 4.19. The summed E-state index contributed by atoms with van der Waals surface area (Å²) >= 11 is 5.88. The van der Waals surface area contributed by atoms with Gasteiger partial charge in [-0.2, -0.15) is 0 Å². The van der Waals surface area contributed by atoms with E-state index in [0.29, 0.717) is 29.2 Å². The Labute approximate surface area is 117 Å². The highest BCUT2D eigenvalue weighted by atomic mass is 35.5. The van der Waals surface area contributed by atoms with Crippen LogP contribution in [0.25, 0.3) is 0 Å². The van der Waals surface area contributed by atoms with E-state index in [0.717, 1.165) is 5.56 Å². The molecule has 2 heterocycles. The highest BCUT2D eigenvalue weighted by Crippen LogP contribution is 2.24. The van der Waals surface area contributed by atoms with Gasteiger partial charge in [0.05, 0.1) is 11.2 Å². The van der Waals surface area contributed by atoms with Gasteiger partial charge in [0.2, 0.25) is 5.88 Å². The van der Waals surface area contributed by atoms with Crippen LogP contribution >= 0.6 is 11.6 Å². The molecule has 2 aromatic rings. The molecule has 0 unspecified atom stereocenters. The Morgan fingerprint density at radius 2 is 2.21 bits per heavy atom. The van der Waals surface area contributed by atoms with E-state index < -0.39 is 0 Å². The number of halogens is 1. The van der Waals surface area contributed by atoms with E-state index in [1.165, 1.54) is 0 Å². The molecule has 0 atom stereocenters. The summed E-state index contributed by atoms with van der Waals surface area (Å²) in [5, 5.41) is 3.87. The van der Waals surface area contributed by atoms with Crippen LogP contribution in [0.3, 0.4) is 0 Å². The summed E-state index contributed by atoms with van der Waals surface area (Å²) < 4.78 is 5.72. The van der Waals surface area contributed by atoms with Gasteiger partial charge in [-0.05, 0) is 6.07 Å². The third-order valence-corrected chi connectivity index (χ3v) is 2.65. The first kappa shape index (κ1) is 13.8. The first-order valence-corrected chi connectivity index (χ1v) is 6.48. The van der Waals surface area contributed by atoms with Gasteiger partial charge in [0.15, 0.2) is 0 Å². The van der Waals surface area contributed by atoms with Crippen LogP contribution in [-0.4, -0.2) is 16.0 Å². The molecule has 0 radical (unpaired) electrons. The van der Waals surface area contributed by atoms with Gasteiger partial charge < -0.3 is 10.1 Å². The summed E-state index contributed by atoms with van der Waals surface area (Å²) in [6.07, 6.45) is 4.88. The van der Waals surface area contributed by atoms with Gasteiger partial charge in [0.25, 0.3) is 0 Å². The van der Waals surface area contributed by atoms with Crippen LogP contribution < -0.4 is 10.1 Å². The monoisotopic (exact) mass is 277 g/mol. The molecule has 0 aliphatic rings. The van der Waals surface area contributed by atoms with E-state index in [4.69, 9.17) is 16.3 Å². The van der Waals surface area contributed by atoms with E-state index in [2.05, 4.69) is 29.1 Å². The largest absolute Gasteiger partial charge is 0.437 e. The Morgan fingerprint density at radius 3 is 2.95 bits per heavy atom. The highest BCUT2D eigenvalue weighted by Gasteiger charge is 2.07. The molecule has 0 saturated carbocycles. The number of aromatic nitrogens is 2. The normalized spacial score (nSPS) is 10.7. The molecule has 0 aliphatic heterocycles. The van der Waals surface area contributed by atoms with Crippen LogP contribution in [0.4, 0.5) is 0 Å². The molecule has 19 heavy (non-hydrogen) atoms. The Hall–Kier alpha value is -1.65. The van der Waals surface area contributed by atoms with Crippen LogP contribution in [-0.2, 0) is 6.54 Å². The summed E-state index contributed by atoms with van der Waals surface area (Å²) in [5.41, 5.74) is 0.996. The predicted molar refractivity (Wildman–Crippen MR) is 75.5 cm³/mol. The Balaban J connectivity index is 2.15. The highest BCUT2D eigenvalue weighted by molar-refractivity contribution is 6.30. The maximum absolute atomic E-state index is 5.88.